The summed E-state index contributed by atoms with van der Waals surface area (Å²) in [7, 11) is 0. The average Bonchev–Trinajstić information content (AvgIpc) is 2.44. The summed E-state index contributed by atoms with van der Waals surface area (Å²) >= 11 is 0. The van der Waals surface area contributed by atoms with E-state index in [9.17, 15) is 9.90 Å². The molecule has 0 unspecified atom stereocenters. The minimum atomic E-state index is -0.812. The lowest BCUT2D eigenvalue weighted by molar-refractivity contribution is -0.136. The second-order valence-corrected chi connectivity index (χ2v) is 3.43. The topological polar surface area (TPSA) is 57.5 Å². The van der Waals surface area contributed by atoms with Gasteiger partial charge in [0.1, 0.15) is 5.75 Å². The lowest BCUT2D eigenvalue weighted by Crippen LogP contribution is -1.96. The molecule has 3 nitrogen and oxygen atoms in total. The molecule has 2 N–H and O–H groups in total. The summed E-state index contributed by atoms with van der Waals surface area (Å²) in [5.41, 5.74) is 2.90. The standard InChI is InChI=1S/C11H10O3/c12-10-2-1-8-3-7(5-11(13)14)4-9(8)6-10/h1-3,6,12H,4-5H2,(H,13,14). The Hall–Kier alpha value is -1.77. The van der Waals surface area contributed by atoms with Gasteiger partial charge in [-0.05, 0) is 29.7 Å². The number of carbonyl (C=O) groups is 1. The van der Waals surface area contributed by atoms with Gasteiger partial charge in [0.25, 0.3) is 0 Å². The number of benzene rings is 1. The maximum atomic E-state index is 10.5. The molecule has 1 aliphatic rings. The molecule has 0 fully saturated rings. The summed E-state index contributed by atoms with van der Waals surface area (Å²) in [5, 5.41) is 17.8. The zero-order valence-electron chi connectivity index (χ0n) is 7.53. The van der Waals surface area contributed by atoms with Gasteiger partial charge in [-0.1, -0.05) is 17.7 Å². The van der Waals surface area contributed by atoms with E-state index < -0.39 is 5.97 Å². The van der Waals surface area contributed by atoms with Crippen LogP contribution in [0.4, 0.5) is 0 Å². The molecule has 0 spiro atoms. The number of hydrogen-bond donors (Lipinski definition) is 2. The third kappa shape index (κ3) is 1.62. The Balaban J connectivity index is 2.23. The van der Waals surface area contributed by atoms with Crippen molar-refractivity contribution < 1.29 is 15.0 Å². The number of aromatic hydroxyl groups is 1. The molecule has 3 heteroatoms. The molecule has 0 saturated carbocycles. The van der Waals surface area contributed by atoms with Crippen molar-refractivity contribution in [3.63, 3.8) is 0 Å². The number of fused-ring (bicyclic) bond motifs is 1. The molecule has 1 aromatic carbocycles. The number of aliphatic carboxylic acids is 1. The van der Waals surface area contributed by atoms with Crippen LogP contribution in [0, 0.1) is 0 Å². The average molecular weight is 190 g/mol. The zero-order valence-corrected chi connectivity index (χ0v) is 7.53. The summed E-state index contributed by atoms with van der Waals surface area (Å²) in [4.78, 5) is 10.5. The van der Waals surface area contributed by atoms with Crippen LogP contribution in [0.25, 0.3) is 6.08 Å². The molecule has 0 aliphatic heterocycles. The highest BCUT2D eigenvalue weighted by Crippen LogP contribution is 2.29. The van der Waals surface area contributed by atoms with Crippen molar-refractivity contribution in [2.75, 3.05) is 0 Å². The molecule has 1 aliphatic carbocycles. The predicted molar refractivity (Wildman–Crippen MR) is 52.0 cm³/mol. The van der Waals surface area contributed by atoms with Crippen molar-refractivity contribution in [3.8, 4) is 5.75 Å². The number of phenolic OH excluding ortho intramolecular Hbond substituents is 1. The van der Waals surface area contributed by atoms with Crippen molar-refractivity contribution in [2.24, 2.45) is 0 Å². The Morgan fingerprint density at radius 3 is 2.93 bits per heavy atom. The van der Waals surface area contributed by atoms with E-state index in [0.29, 0.717) is 6.42 Å². The Morgan fingerprint density at radius 2 is 2.21 bits per heavy atom. The van der Waals surface area contributed by atoms with Gasteiger partial charge in [-0.3, -0.25) is 4.79 Å². The molecular formula is C11H10O3. The largest absolute Gasteiger partial charge is 0.508 e. The highest BCUT2D eigenvalue weighted by molar-refractivity contribution is 5.75. The summed E-state index contributed by atoms with van der Waals surface area (Å²) in [6.07, 6.45) is 2.59. The SMILES string of the molecule is O=C(O)CC1=Cc2ccc(O)cc2C1. The molecule has 0 amide bonds. The predicted octanol–water partition coefficient (Wildman–Crippen LogP) is 1.81. The number of carboxylic acid groups (broad SMARTS) is 1. The monoisotopic (exact) mass is 190 g/mol. The molecule has 0 saturated heterocycles. The first-order chi connectivity index (χ1) is 6.65. The van der Waals surface area contributed by atoms with E-state index in [4.69, 9.17) is 5.11 Å². The van der Waals surface area contributed by atoms with Crippen LogP contribution in [0.3, 0.4) is 0 Å². The third-order valence-electron chi connectivity index (χ3n) is 2.28. The van der Waals surface area contributed by atoms with Crippen LogP contribution in [0.5, 0.6) is 5.75 Å². The fraction of sp³-hybridized carbons (Fsp3) is 0.182. The zero-order chi connectivity index (χ0) is 10.1. The number of rotatable bonds is 2. The number of carboxylic acids is 1. The van der Waals surface area contributed by atoms with Crippen LogP contribution in [-0.2, 0) is 11.2 Å². The minimum Gasteiger partial charge on any atom is -0.508 e. The van der Waals surface area contributed by atoms with E-state index in [2.05, 4.69) is 0 Å². The molecule has 72 valence electrons. The first kappa shape index (κ1) is 8.81. The van der Waals surface area contributed by atoms with E-state index in [1.165, 1.54) is 0 Å². The fourth-order valence-electron chi connectivity index (χ4n) is 1.71. The number of phenols is 1. The van der Waals surface area contributed by atoms with Crippen molar-refractivity contribution >= 4 is 12.0 Å². The highest BCUT2D eigenvalue weighted by atomic mass is 16.4. The van der Waals surface area contributed by atoms with Crippen molar-refractivity contribution in [2.45, 2.75) is 12.8 Å². The van der Waals surface area contributed by atoms with Crippen LogP contribution in [0.2, 0.25) is 0 Å². The van der Waals surface area contributed by atoms with Gasteiger partial charge in [0, 0.05) is 0 Å². The molecule has 0 atom stereocenters. The molecule has 0 radical (unpaired) electrons. The molecule has 14 heavy (non-hydrogen) atoms. The molecule has 1 aromatic rings. The lowest BCUT2D eigenvalue weighted by Gasteiger charge is -1.98. The molecule has 0 heterocycles. The Labute approximate surface area is 81.3 Å². The second-order valence-electron chi connectivity index (χ2n) is 3.43. The molecular weight excluding hydrogens is 180 g/mol. The van der Waals surface area contributed by atoms with Gasteiger partial charge < -0.3 is 10.2 Å². The van der Waals surface area contributed by atoms with Gasteiger partial charge in [-0.25, -0.2) is 0 Å². The van der Waals surface area contributed by atoms with Crippen LogP contribution in [0.15, 0.2) is 23.8 Å². The maximum absolute atomic E-state index is 10.5. The van der Waals surface area contributed by atoms with Crippen LogP contribution >= 0.6 is 0 Å². The smallest absolute Gasteiger partial charge is 0.307 e. The summed E-state index contributed by atoms with van der Waals surface area (Å²) in [5.74, 6) is -0.581. The van der Waals surface area contributed by atoms with Crippen molar-refractivity contribution in [1.29, 1.82) is 0 Å². The van der Waals surface area contributed by atoms with E-state index in [1.54, 1.807) is 18.2 Å². The van der Waals surface area contributed by atoms with Crippen molar-refractivity contribution in [3.05, 3.63) is 34.9 Å². The Kier molecular flexibility index (Phi) is 2.00. The van der Waals surface area contributed by atoms with Gasteiger partial charge in [-0.2, -0.15) is 0 Å². The van der Waals surface area contributed by atoms with E-state index >= 15 is 0 Å². The van der Waals surface area contributed by atoms with Gasteiger partial charge in [0.15, 0.2) is 0 Å². The first-order valence-electron chi connectivity index (χ1n) is 4.38. The summed E-state index contributed by atoms with van der Waals surface area (Å²) in [6, 6.07) is 5.10. The quantitative estimate of drug-likeness (QED) is 0.747. The minimum absolute atomic E-state index is 0.0788. The van der Waals surface area contributed by atoms with E-state index in [0.717, 1.165) is 16.7 Å². The van der Waals surface area contributed by atoms with E-state index in [1.807, 2.05) is 6.08 Å². The van der Waals surface area contributed by atoms with Crippen LogP contribution in [-0.4, -0.2) is 16.2 Å². The summed E-state index contributed by atoms with van der Waals surface area (Å²) < 4.78 is 0. The third-order valence-corrected chi connectivity index (χ3v) is 2.28. The summed E-state index contributed by atoms with van der Waals surface area (Å²) in [6.45, 7) is 0. The Morgan fingerprint density at radius 1 is 1.43 bits per heavy atom. The van der Waals surface area contributed by atoms with Gasteiger partial charge in [0.05, 0.1) is 6.42 Å². The van der Waals surface area contributed by atoms with Gasteiger partial charge in [0.2, 0.25) is 0 Å². The maximum Gasteiger partial charge on any atom is 0.307 e. The van der Waals surface area contributed by atoms with Gasteiger partial charge >= 0.3 is 5.97 Å². The lowest BCUT2D eigenvalue weighted by atomic mass is 10.1. The molecule has 0 aromatic heterocycles. The van der Waals surface area contributed by atoms with Crippen molar-refractivity contribution in [1.82, 2.24) is 0 Å². The normalized spacial score (nSPS) is 13.6. The highest BCUT2D eigenvalue weighted by Gasteiger charge is 2.14. The van der Waals surface area contributed by atoms with Crippen LogP contribution < -0.4 is 0 Å². The fourth-order valence-corrected chi connectivity index (χ4v) is 1.71. The number of hydrogen-bond acceptors (Lipinski definition) is 2. The molecule has 0 bridgehead atoms. The second kappa shape index (κ2) is 3.18. The Bertz CT molecular complexity index is 419. The first-order valence-corrected chi connectivity index (χ1v) is 4.38. The molecule has 2 rings (SSSR count). The van der Waals surface area contributed by atoms with E-state index in [-0.39, 0.29) is 12.2 Å². The van der Waals surface area contributed by atoms with Gasteiger partial charge in [-0.15, -0.1) is 0 Å². The van der Waals surface area contributed by atoms with Crippen LogP contribution in [0.1, 0.15) is 17.5 Å².